The van der Waals surface area contributed by atoms with Crippen LogP contribution in [0.1, 0.15) is 13.8 Å². The first-order valence-electron chi connectivity index (χ1n) is 4.75. The number of anilines is 2. The van der Waals surface area contributed by atoms with Gasteiger partial charge in [-0.3, -0.25) is 0 Å². The van der Waals surface area contributed by atoms with Crippen LogP contribution in [0.4, 0.5) is 16.2 Å². The van der Waals surface area contributed by atoms with E-state index in [-0.39, 0.29) is 17.8 Å². The molecule has 0 aliphatic heterocycles. The number of hydrogen-bond acceptors (Lipinski definition) is 5. The Labute approximate surface area is 92.9 Å². The van der Waals surface area contributed by atoms with Crippen molar-refractivity contribution < 1.29 is 4.39 Å². The molecule has 0 aromatic carbocycles. The lowest BCUT2D eigenvalue weighted by Gasteiger charge is -2.13. The molecular weight excluding hydrogens is 215 g/mol. The number of nitrogen functional groups attached to an aromatic ring is 1. The first-order chi connectivity index (χ1) is 7.13. The van der Waals surface area contributed by atoms with Crippen LogP contribution in [-0.4, -0.2) is 27.5 Å². The van der Waals surface area contributed by atoms with Gasteiger partial charge >= 0.3 is 0 Å². The molecule has 3 N–H and O–H groups in total. The minimum Gasteiger partial charge on any atom is -0.368 e. The standard InChI is InChI=1S/C9H15FN4S/c1-3-15-5-6(2)13-8-7(10)4-12-9(11)14-8/h4,6H,3,5H2,1-2H3,(H3,11,12,13,14). The van der Waals surface area contributed by atoms with Gasteiger partial charge in [0.15, 0.2) is 11.6 Å². The summed E-state index contributed by atoms with van der Waals surface area (Å²) in [7, 11) is 0. The van der Waals surface area contributed by atoms with Crippen molar-refractivity contribution in [2.45, 2.75) is 19.9 Å². The predicted octanol–water partition coefficient (Wildman–Crippen LogP) is 1.75. The maximum absolute atomic E-state index is 13.2. The molecule has 0 saturated carbocycles. The number of hydrogen-bond donors (Lipinski definition) is 2. The summed E-state index contributed by atoms with van der Waals surface area (Å²) in [5.74, 6) is 1.72. The maximum Gasteiger partial charge on any atom is 0.222 e. The van der Waals surface area contributed by atoms with Crippen LogP contribution in [-0.2, 0) is 0 Å². The molecule has 6 heteroatoms. The van der Waals surface area contributed by atoms with Crippen LogP contribution in [0, 0.1) is 5.82 Å². The lowest BCUT2D eigenvalue weighted by Crippen LogP contribution is -2.20. The van der Waals surface area contributed by atoms with E-state index in [1.807, 2.05) is 6.92 Å². The van der Waals surface area contributed by atoms with E-state index in [0.29, 0.717) is 0 Å². The molecule has 1 atom stereocenters. The minimum atomic E-state index is -0.474. The zero-order valence-electron chi connectivity index (χ0n) is 8.83. The first-order valence-corrected chi connectivity index (χ1v) is 5.91. The zero-order chi connectivity index (χ0) is 11.3. The molecule has 0 amide bonds. The van der Waals surface area contributed by atoms with Crippen LogP contribution < -0.4 is 11.1 Å². The fraction of sp³-hybridized carbons (Fsp3) is 0.556. The van der Waals surface area contributed by atoms with Crippen molar-refractivity contribution in [3.05, 3.63) is 12.0 Å². The molecule has 4 nitrogen and oxygen atoms in total. The second-order valence-electron chi connectivity index (χ2n) is 3.13. The second-order valence-corrected chi connectivity index (χ2v) is 4.45. The Morgan fingerprint density at radius 1 is 1.67 bits per heavy atom. The predicted molar refractivity (Wildman–Crippen MR) is 62.5 cm³/mol. The van der Waals surface area contributed by atoms with Gasteiger partial charge in [0.1, 0.15) is 0 Å². The smallest absolute Gasteiger partial charge is 0.222 e. The van der Waals surface area contributed by atoms with Gasteiger partial charge in [0.2, 0.25) is 5.95 Å². The van der Waals surface area contributed by atoms with Gasteiger partial charge in [0.05, 0.1) is 6.20 Å². The van der Waals surface area contributed by atoms with Gasteiger partial charge < -0.3 is 11.1 Å². The highest BCUT2D eigenvalue weighted by Gasteiger charge is 2.08. The van der Waals surface area contributed by atoms with Crippen LogP contribution in [0.3, 0.4) is 0 Å². The fourth-order valence-corrected chi connectivity index (χ4v) is 1.72. The van der Waals surface area contributed by atoms with Crippen LogP contribution in [0.25, 0.3) is 0 Å². The van der Waals surface area contributed by atoms with E-state index in [1.165, 1.54) is 0 Å². The zero-order valence-corrected chi connectivity index (χ0v) is 9.64. The van der Waals surface area contributed by atoms with Crippen molar-refractivity contribution in [1.82, 2.24) is 9.97 Å². The van der Waals surface area contributed by atoms with Crippen LogP contribution >= 0.6 is 11.8 Å². The highest BCUT2D eigenvalue weighted by molar-refractivity contribution is 7.99. The summed E-state index contributed by atoms with van der Waals surface area (Å²) in [6.45, 7) is 4.06. The molecule has 15 heavy (non-hydrogen) atoms. The SMILES string of the molecule is CCSCC(C)Nc1nc(N)ncc1F. The molecule has 0 fully saturated rings. The molecule has 1 rings (SSSR count). The first kappa shape index (κ1) is 12.0. The highest BCUT2D eigenvalue weighted by atomic mass is 32.2. The molecule has 0 radical (unpaired) electrons. The van der Waals surface area contributed by atoms with Gasteiger partial charge in [-0.15, -0.1) is 0 Å². The number of rotatable bonds is 5. The molecule has 1 heterocycles. The third-order valence-corrected chi connectivity index (χ3v) is 2.86. The van der Waals surface area contributed by atoms with Gasteiger partial charge in [-0.1, -0.05) is 6.92 Å². The number of nitrogens with zero attached hydrogens (tertiary/aromatic N) is 2. The van der Waals surface area contributed by atoms with Gasteiger partial charge in [0, 0.05) is 11.8 Å². The Balaban J connectivity index is 2.59. The Morgan fingerprint density at radius 3 is 3.07 bits per heavy atom. The summed E-state index contributed by atoms with van der Waals surface area (Å²) < 4.78 is 13.2. The third kappa shape index (κ3) is 3.91. The van der Waals surface area contributed by atoms with Gasteiger partial charge in [0.25, 0.3) is 0 Å². The molecule has 0 aliphatic carbocycles. The van der Waals surface area contributed by atoms with E-state index in [1.54, 1.807) is 11.8 Å². The highest BCUT2D eigenvalue weighted by Crippen LogP contribution is 2.13. The number of nitrogens with two attached hydrogens (primary N) is 1. The summed E-state index contributed by atoms with van der Waals surface area (Å²) in [5.41, 5.74) is 5.37. The average Bonchev–Trinajstić information content (AvgIpc) is 2.20. The van der Waals surface area contributed by atoms with Gasteiger partial charge in [-0.2, -0.15) is 16.7 Å². The lowest BCUT2D eigenvalue weighted by molar-refractivity contribution is 0.615. The number of thioether (sulfide) groups is 1. The molecule has 84 valence electrons. The van der Waals surface area contributed by atoms with Crippen molar-refractivity contribution in [3.8, 4) is 0 Å². The van der Waals surface area contributed by atoms with Crippen molar-refractivity contribution in [1.29, 1.82) is 0 Å². The Hall–Kier alpha value is -1.04. The molecule has 1 aromatic heterocycles. The quantitative estimate of drug-likeness (QED) is 0.807. The van der Waals surface area contributed by atoms with Crippen LogP contribution in [0.5, 0.6) is 0 Å². The van der Waals surface area contributed by atoms with E-state index in [0.717, 1.165) is 17.7 Å². The summed E-state index contributed by atoms with van der Waals surface area (Å²) >= 11 is 1.79. The van der Waals surface area contributed by atoms with Crippen LogP contribution in [0.15, 0.2) is 6.20 Å². The minimum absolute atomic E-state index is 0.0780. The van der Waals surface area contributed by atoms with Crippen molar-refractivity contribution in [3.63, 3.8) is 0 Å². The van der Waals surface area contributed by atoms with Crippen LogP contribution in [0.2, 0.25) is 0 Å². The van der Waals surface area contributed by atoms with E-state index in [4.69, 9.17) is 5.73 Å². The maximum atomic E-state index is 13.2. The summed E-state index contributed by atoms with van der Waals surface area (Å²) in [5, 5.41) is 2.96. The summed E-state index contributed by atoms with van der Waals surface area (Å²) in [6.07, 6.45) is 1.07. The average molecular weight is 230 g/mol. The van der Waals surface area contributed by atoms with Crippen molar-refractivity contribution in [2.24, 2.45) is 0 Å². The number of halogens is 1. The molecule has 0 bridgehead atoms. The fourth-order valence-electron chi connectivity index (χ4n) is 1.05. The molecule has 0 spiro atoms. The summed E-state index contributed by atoms with van der Waals surface area (Å²) in [6, 6.07) is 0.152. The van der Waals surface area contributed by atoms with Gasteiger partial charge in [-0.25, -0.2) is 9.37 Å². The van der Waals surface area contributed by atoms with E-state index < -0.39 is 5.82 Å². The summed E-state index contributed by atoms with van der Waals surface area (Å²) in [4.78, 5) is 7.35. The van der Waals surface area contributed by atoms with Gasteiger partial charge in [-0.05, 0) is 12.7 Å². The molecule has 1 unspecified atom stereocenters. The molecule has 0 aliphatic rings. The van der Waals surface area contributed by atoms with Crippen molar-refractivity contribution >= 4 is 23.5 Å². The third-order valence-electron chi connectivity index (χ3n) is 1.72. The van der Waals surface area contributed by atoms with E-state index >= 15 is 0 Å². The second kappa shape index (κ2) is 5.75. The number of aromatic nitrogens is 2. The molecular formula is C9H15FN4S. The van der Waals surface area contributed by atoms with E-state index in [9.17, 15) is 4.39 Å². The Morgan fingerprint density at radius 2 is 2.40 bits per heavy atom. The largest absolute Gasteiger partial charge is 0.368 e. The lowest BCUT2D eigenvalue weighted by atomic mass is 10.4. The van der Waals surface area contributed by atoms with E-state index in [2.05, 4.69) is 22.2 Å². The topological polar surface area (TPSA) is 63.8 Å². The number of nitrogens with one attached hydrogen (secondary N) is 1. The molecule has 1 aromatic rings. The monoisotopic (exact) mass is 230 g/mol. The normalized spacial score (nSPS) is 12.5. The Bertz CT molecular complexity index is 321. The van der Waals surface area contributed by atoms with Crippen molar-refractivity contribution in [2.75, 3.05) is 22.6 Å². The molecule has 0 saturated heterocycles. The Kier molecular flexibility index (Phi) is 4.61.